The Morgan fingerprint density at radius 2 is 1.97 bits per heavy atom. The van der Waals surface area contributed by atoms with Gasteiger partial charge in [0.1, 0.15) is 11.5 Å². The van der Waals surface area contributed by atoms with Crippen molar-refractivity contribution in [2.75, 3.05) is 19.5 Å². The lowest BCUT2D eigenvalue weighted by Crippen LogP contribution is -2.39. The van der Waals surface area contributed by atoms with Gasteiger partial charge in [0.2, 0.25) is 0 Å². The van der Waals surface area contributed by atoms with Crippen LogP contribution in [0.3, 0.4) is 0 Å². The van der Waals surface area contributed by atoms with Crippen molar-refractivity contribution >= 4 is 17.4 Å². The number of anilines is 1. The average molecular weight is 448 g/mol. The van der Waals surface area contributed by atoms with E-state index in [0.29, 0.717) is 40.5 Å². The number of dihydropyridines is 1. The van der Waals surface area contributed by atoms with Gasteiger partial charge in [0.05, 0.1) is 32.0 Å². The maximum Gasteiger partial charge on any atom is 0.254 e. The number of ether oxygens (including phenoxy) is 2. The summed E-state index contributed by atoms with van der Waals surface area (Å²) in [5.74, 6) is 0.375. The van der Waals surface area contributed by atoms with Gasteiger partial charge in [0, 0.05) is 46.8 Å². The van der Waals surface area contributed by atoms with E-state index in [1.54, 1.807) is 44.8 Å². The number of carbonyl (C=O) groups excluding carboxylic acids is 2. The zero-order valence-corrected chi connectivity index (χ0v) is 19.6. The van der Waals surface area contributed by atoms with Gasteiger partial charge in [0.15, 0.2) is 5.78 Å². The van der Waals surface area contributed by atoms with Crippen molar-refractivity contribution in [3.8, 4) is 11.5 Å². The molecule has 1 aliphatic carbocycles. The molecule has 2 aliphatic rings. The van der Waals surface area contributed by atoms with Crippen LogP contribution in [0.4, 0.5) is 5.69 Å². The van der Waals surface area contributed by atoms with E-state index in [1.165, 1.54) is 0 Å². The Bertz CT molecular complexity index is 1170. The lowest BCUT2D eigenvalue weighted by atomic mass is 9.68. The van der Waals surface area contributed by atoms with E-state index in [4.69, 9.17) is 9.47 Å². The second-order valence-corrected chi connectivity index (χ2v) is 9.23. The zero-order valence-electron chi connectivity index (χ0n) is 19.6. The molecule has 2 N–H and O–H groups in total. The highest BCUT2D eigenvalue weighted by molar-refractivity contribution is 6.10. The first-order valence-electron chi connectivity index (χ1n) is 10.9. The Morgan fingerprint density at radius 1 is 1.18 bits per heavy atom. The van der Waals surface area contributed by atoms with Crippen LogP contribution in [0.25, 0.3) is 0 Å². The Morgan fingerprint density at radius 3 is 2.64 bits per heavy atom. The fourth-order valence-corrected chi connectivity index (χ4v) is 4.74. The predicted octanol–water partition coefficient (Wildman–Crippen LogP) is 4.34. The first-order chi connectivity index (χ1) is 15.7. The third-order valence-corrected chi connectivity index (χ3v) is 6.16. The molecule has 1 aliphatic heterocycles. The fraction of sp³-hybridized carbons (Fsp3) is 0.346. The molecule has 33 heavy (non-hydrogen) atoms. The second-order valence-electron chi connectivity index (χ2n) is 9.23. The van der Waals surface area contributed by atoms with Gasteiger partial charge in [-0.3, -0.25) is 14.6 Å². The number of pyridine rings is 1. The molecule has 2 heterocycles. The highest BCUT2D eigenvalue weighted by Crippen LogP contribution is 2.49. The van der Waals surface area contributed by atoms with Crippen molar-refractivity contribution in [1.82, 2.24) is 10.3 Å². The third-order valence-electron chi connectivity index (χ3n) is 6.16. The molecule has 0 bridgehead atoms. The molecule has 0 saturated heterocycles. The maximum atomic E-state index is 13.6. The second kappa shape index (κ2) is 8.73. The molecule has 2 aromatic rings. The Labute approximate surface area is 193 Å². The Kier molecular flexibility index (Phi) is 5.97. The summed E-state index contributed by atoms with van der Waals surface area (Å²) in [6.07, 6.45) is 4.37. The van der Waals surface area contributed by atoms with Crippen LogP contribution in [-0.2, 0) is 9.59 Å². The Balaban J connectivity index is 1.87. The lowest BCUT2D eigenvalue weighted by molar-refractivity contribution is -0.118. The molecule has 0 fully saturated rings. The summed E-state index contributed by atoms with van der Waals surface area (Å²) in [4.78, 5) is 31.1. The molecular formula is C26H29N3O4. The summed E-state index contributed by atoms with van der Waals surface area (Å²) < 4.78 is 11.0. The molecule has 4 rings (SSSR count). The smallest absolute Gasteiger partial charge is 0.254 e. The van der Waals surface area contributed by atoms with E-state index in [2.05, 4.69) is 29.5 Å². The number of nitrogens with zero attached hydrogens (tertiary/aromatic N) is 1. The van der Waals surface area contributed by atoms with Crippen molar-refractivity contribution in [1.29, 1.82) is 0 Å². The van der Waals surface area contributed by atoms with Crippen LogP contribution in [0.1, 0.15) is 45.1 Å². The summed E-state index contributed by atoms with van der Waals surface area (Å²) in [5, 5.41) is 6.31. The van der Waals surface area contributed by atoms with Crippen molar-refractivity contribution < 1.29 is 19.1 Å². The van der Waals surface area contributed by atoms with E-state index in [1.807, 2.05) is 19.1 Å². The number of carbonyl (C=O) groups is 2. The van der Waals surface area contributed by atoms with Crippen LogP contribution in [0.2, 0.25) is 0 Å². The number of Topliss-reactive ketones (excluding diaryl/α,β-unsaturated/α-hetero) is 1. The third kappa shape index (κ3) is 4.35. The summed E-state index contributed by atoms with van der Waals surface area (Å²) >= 11 is 0. The fourth-order valence-electron chi connectivity index (χ4n) is 4.74. The van der Waals surface area contributed by atoms with E-state index in [9.17, 15) is 9.59 Å². The summed E-state index contributed by atoms with van der Waals surface area (Å²) in [6, 6.07) is 9.01. The highest BCUT2D eigenvalue weighted by atomic mass is 16.5. The maximum absolute atomic E-state index is 13.6. The lowest BCUT2D eigenvalue weighted by Gasteiger charge is -2.40. The van der Waals surface area contributed by atoms with Crippen LogP contribution < -0.4 is 20.1 Å². The van der Waals surface area contributed by atoms with E-state index in [0.717, 1.165) is 17.7 Å². The molecule has 7 heteroatoms. The number of benzene rings is 1. The van der Waals surface area contributed by atoms with Gasteiger partial charge in [-0.1, -0.05) is 19.9 Å². The van der Waals surface area contributed by atoms with Gasteiger partial charge >= 0.3 is 0 Å². The quantitative estimate of drug-likeness (QED) is 0.709. The van der Waals surface area contributed by atoms with E-state index < -0.39 is 5.92 Å². The molecule has 0 saturated carbocycles. The van der Waals surface area contributed by atoms with Gasteiger partial charge < -0.3 is 20.1 Å². The molecule has 0 spiro atoms. The number of rotatable bonds is 5. The van der Waals surface area contributed by atoms with Gasteiger partial charge in [-0.25, -0.2) is 0 Å². The van der Waals surface area contributed by atoms with Crippen molar-refractivity contribution in [2.24, 2.45) is 5.41 Å². The molecule has 1 aromatic carbocycles. The normalized spacial score (nSPS) is 19.5. The molecule has 1 amide bonds. The van der Waals surface area contributed by atoms with E-state index >= 15 is 0 Å². The monoisotopic (exact) mass is 447 g/mol. The minimum atomic E-state index is -0.567. The average Bonchev–Trinajstić information content (AvgIpc) is 2.77. The van der Waals surface area contributed by atoms with Gasteiger partial charge in [0.25, 0.3) is 5.91 Å². The summed E-state index contributed by atoms with van der Waals surface area (Å²) in [7, 11) is 3.16. The zero-order chi connectivity index (χ0) is 23.8. The number of aromatic nitrogens is 1. The van der Waals surface area contributed by atoms with Gasteiger partial charge in [-0.2, -0.15) is 0 Å². The minimum absolute atomic E-state index is 0.0378. The molecule has 0 unspecified atom stereocenters. The van der Waals surface area contributed by atoms with Crippen LogP contribution in [-0.4, -0.2) is 30.9 Å². The van der Waals surface area contributed by atoms with Crippen molar-refractivity contribution in [2.45, 2.75) is 39.5 Å². The van der Waals surface area contributed by atoms with Gasteiger partial charge in [-0.05, 0) is 37.0 Å². The SMILES string of the molecule is COc1ccc([C@@H]2C(C(=O)Nc3cccnc3)=C(C)NC3=C2C(=O)CC(C)(C)C3)c(OC)c1. The number of nitrogens with one attached hydrogen (secondary N) is 2. The predicted molar refractivity (Wildman–Crippen MR) is 126 cm³/mol. The largest absolute Gasteiger partial charge is 0.497 e. The molecule has 172 valence electrons. The topological polar surface area (TPSA) is 89.5 Å². The van der Waals surface area contributed by atoms with Crippen LogP contribution in [0.5, 0.6) is 11.5 Å². The molecule has 0 radical (unpaired) electrons. The van der Waals surface area contributed by atoms with Crippen molar-refractivity contribution in [3.05, 3.63) is 70.8 Å². The Hall–Kier alpha value is -3.61. The standard InChI is InChI=1S/C26H29N3O4/c1-15-22(25(31)29-16-7-6-10-27-14-16)23(18-9-8-17(32-4)11-21(18)33-5)24-19(28-15)12-26(2,3)13-20(24)30/h6-11,14,23,28H,12-13H2,1-5H3,(H,29,31)/t23-/m1/s1. The van der Waals surface area contributed by atoms with Gasteiger partial charge in [-0.15, -0.1) is 0 Å². The van der Waals surface area contributed by atoms with Crippen LogP contribution in [0, 0.1) is 5.41 Å². The first-order valence-corrected chi connectivity index (χ1v) is 10.9. The molecule has 7 nitrogen and oxygen atoms in total. The number of methoxy groups -OCH3 is 2. The van der Waals surface area contributed by atoms with Crippen LogP contribution >= 0.6 is 0 Å². The minimum Gasteiger partial charge on any atom is -0.497 e. The summed E-state index contributed by atoms with van der Waals surface area (Å²) in [5.41, 5.74) is 3.86. The number of allylic oxidation sites excluding steroid dienone is 3. The number of ketones is 1. The molecule has 1 atom stereocenters. The number of amides is 1. The van der Waals surface area contributed by atoms with Crippen LogP contribution in [0.15, 0.2) is 65.3 Å². The first kappa shape index (κ1) is 22.6. The van der Waals surface area contributed by atoms with E-state index in [-0.39, 0.29) is 17.1 Å². The van der Waals surface area contributed by atoms with Crippen molar-refractivity contribution in [3.63, 3.8) is 0 Å². The molecular weight excluding hydrogens is 418 g/mol. The number of hydrogen-bond acceptors (Lipinski definition) is 6. The number of hydrogen-bond donors (Lipinski definition) is 2. The highest BCUT2D eigenvalue weighted by Gasteiger charge is 2.43. The molecule has 1 aromatic heterocycles. The summed E-state index contributed by atoms with van der Waals surface area (Å²) in [6.45, 7) is 6.04.